The van der Waals surface area contributed by atoms with Crippen LogP contribution in [0.2, 0.25) is 0 Å². The van der Waals surface area contributed by atoms with Gasteiger partial charge in [-0.2, -0.15) is 0 Å². The molecule has 2 atom stereocenters. The van der Waals surface area contributed by atoms with Gasteiger partial charge in [0.1, 0.15) is 11.1 Å². The highest BCUT2D eigenvalue weighted by atomic mass is 79.9. The van der Waals surface area contributed by atoms with Gasteiger partial charge >= 0.3 is 5.97 Å². The Morgan fingerprint density at radius 2 is 1.33 bits per heavy atom. The molecule has 8 heteroatoms. The summed E-state index contributed by atoms with van der Waals surface area (Å²) in [5, 5.41) is 0. The van der Waals surface area contributed by atoms with Crippen LogP contribution in [0.4, 0.5) is 5.69 Å². The number of halogens is 1. The molecular weight excluding hydrogens is 624 g/mol. The van der Waals surface area contributed by atoms with Gasteiger partial charge in [-0.15, -0.1) is 0 Å². The van der Waals surface area contributed by atoms with Gasteiger partial charge < -0.3 is 4.74 Å². The smallest absolute Gasteiger partial charge is 0.308 e. The quantitative estimate of drug-likeness (QED) is 0.155. The van der Waals surface area contributed by atoms with Gasteiger partial charge in [0.15, 0.2) is 0 Å². The Kier molecular flexibility index (Phi) is 8.75. The van der Waals surface area contributed by atoms with Gasteiger partial charge in [0.05, 0.1) is 34.4 Å². The van der Waals surface area contributed by atoms with E-state index in [2.05, 4.69) is 20.7 Å². The van der Waals surface area contributed by atoms with Crippen LogP contribution in [0.15, 0.2) is 114 Å². The van der Waals surface area contributed by atoms with E-state index >= 15 is 4.79 Å². The summed E-state index contributed by atoms with van der Waals surface area (Å²) in [6.07, 6.45) is -0.345. The van der Waals surface area contributed by atoms with Gasteiger partial charge in [0.25, 0.3) is 5.91 Å². The molecule has 43 heavy (non-hydrogen) atoms. The van der Waals surface area contributed by atoms with Crippen molar-refractivity contribution >= 4 is 44.5 Å². The molecule has 1 aliphatic rings. The molecule has 1 heterocycles. The van der Waals surface area contributed by atoms with Gasteiger partial charge in [0, 0.05) is 10.0 Å². The first-order chi connectivity index (χ1) is 20.6. The van der Waals surface area contributed by atoms with Crippen molar-refractivity contribution in [3.63, 3.8) is 0 Å². The molecule has 0 saturated carbocycles. The first-order valence-corrected chi connectivity index (χ1v) is 16.2. The van der Waals surface area contributed by atoms with Gasteiger partial charge in [-0.1, -0.05) is 113 Å². The van der Waals surface area contributed by atoms with Crippen LogP contribution in [0.25, 0.3) is 0 Å². The predicted octanol–water partition coefficient (Wildman–Crippen LogP) is 6.99. The molecule has 0 spiro atoms. The Hall–Kier alpha value is -3.59. The van der Waals surface area contributed by atoms with Crippen molar-refractivity contribution in [2.75, 3.05) is 11.5 Å². The number of amides is 1. The number of anilines is 1. The topological polar surface area (TPSA) is 75.7 Å². The average molecular weight is 660 g/mol. The maximum atomic E-state index is 15.5. The molecule has 1 aliphatic heterocycles. The number of rotatable bonds is 9. The van der Waals surface area contributed by atoms with E-state index in [0.717, 1.165) is 16.7 Å². The largest absolute Gasteiger partial charge is 0.466 e. The van der Waals surface area contributed by atoms with E-state index in [1.165, 1.54) is 0 Å². The lowest BCUT2D eigenvalue weighted by Gasteiger charge is -2.45. The molecule has 0 aromatic heterocycles. The van der Waals surface area contributed by atoms with Gasteiger partial charge in [-0.25, -0.2) is 8.93 Å². The average Bonchev–Trinajstić information content (AvgIpc) is 3.23. The zero-order chi connectivity index (χ0) is 30.8. The van der Waals surface area contributed by atoms with E-state index in [0.29, 0.717) is 15.7 Å². The van der Waals surface area contributed by atoms with E-state index in [1.54, 1.807) is 11.8 Å². The molecule has 222 valence electrons. The fourth-order valence-electron chi connectivity index (χ4n) is 5.82. The summed E-state index contributed by atoms with van der Waals surface area (Å²) in [6.45, 7) is 7.36. The van der Waals surface area contributed by atoms with Gasteiger partial charge in [-0.3, -0.25) is 14.5 Å². The van der Waals surface area contributed by atoms with Crippen molar-refractivity contribution in [3.8, 4) is 0 Å². The summed E-state index contributed by atoms with van der Waals surface area (Å²) in [7, 11) is -1.72. The van der Waals surface area contributed by atoms with Crippen LogP contribution in [0, 0.1) is 0 Å². The standard InChI is InChI=1S/C35H35BrN2O4S/c1-5-42-30(39)24-34(37-43(41)33(2,3)4)31-28(36)22-15-23-29(31)38(32(34)40)35(25-16-9-6-10-17-25,26-18-11-7-12-19-26)27-20-13-8-14-21-27/h6-23,37H,5,24H2,1-4H3/t34-,43+/m0/s1. The summed E-state index contributed by atoms with van der Waals surface area (Å²) < 4.78 is 22.3. The Morgan fingerprint density at radius 1 is 0.837 bits per heavy atom. The van der Waals surface area contributed by atoms with Crippen molar-refractivity contribution in [1.29, 1.82) is 0 Å². The molecule has 0 aliphatic carbocycles. The van der Waals surface area contributed by atoms with Crippen molar-refractivity contribution in [1.82, 2.24) is 4.72 Å². The molecule has 5 rings (SSSR count). The number of esters is 1. The lowest BCUT2D eigenvalue weighted by Crippen LogP contribution is -2.59. The zero-order valence-electron chi connectivity index (χ0n) is 24.7. The van der Waals surface area contributed by atoms with E-state index in [9.17, 15) is 9.00 Å². The molecule has 1 N–H and O–H groups in total. The van der Waals surface area contributed by atoms with Crippen LogP contribution in [0.3, 0.4) is 0 Å². The normalized spacial score (nSPS) is 17.4. The molecule has 4 aromatic rings. The highest BCUT2D eigenvalue weighted by molar-refractivity contribution is 9.10. The highest BCUT2D eigenvalue weighted by Crippen LogP contribution is 2.55. The second kappa shape index (κ2) is 12.2. The first kappa shape index (κ1) is 30.9. The summed E-state index contributed by atoms with van der Waals surface area (Å²) in [6, 6.07) is 35.2. The van der Waals surface area contributed by atoms with E-state index < -0.39 is 38.7 Å². The zero-order valence-corrected chi connectivity index (χ0v) is 27.1. The monoisotopic (exact) mass is 658 g/mol. The predicted molar refractivity (Wildman–Crippen MR) is 175 cm³/mol. The maximum Gasteiger partial charge on any atom is 0.308 e. The van der Waals surface area contributed by atoms with Crippen LogP contribution >= 0.6 is 15.9 Å². The van der Waals surface area contributed by atoms with E-state index in [1.807, 2.05) is 130 Å². The molecule has 4 aromatic carbocycles. The highest BCUT2D eigenvalue weighted by Gasteiger charge is 2.61. The Bertz CT molecular complexity index is 1540. The first-order valence-electron chi connectivity index (χ1n) is 14.2. The maximum absolute atomic E-state index is 15.5. The van der Waals surface area contributed by atoms with Crippen LogP contribution in [0.5, 0.6) is 0 Å². The molecule has 0 saturated heterocycles. The van der Waals surface area contributed by atoms with E-state index in [-0.39, 0.29) is 13.0 Å². The molecular formula is C35H35BrN2O4S. The number of nitrogens with one attached hydrogen (secondary N) is 1. The van der Waals surface area contributed by atoms with Crippen LogP contribution in [-0.2, 0) is 36.4 Å². The van der Waals surface area contributed by atoms with Gasteiger partial charge in [-0.05, 0) is 56.5 Å². The number of benzene rings is 4. The van der Waals surface area contributed by atoms with Crippen molar-refractivity contribution in [2.24, 2.45) is 0 Å². The SMILES string of the molecule is CCOC(=O)C[C@@]1(N[S@](=O)C(C)(C)C)C(=O)N(C(c2ccccc2)(c2ccccc2)c2ccccc2)c2cccc(Br)c21. The fraction of sp³-hybridized carbons (Fsp3) is 0.257. The minimum atomic E-state index is -1.72. The van der Waals surface area contributed by atoms with E-state index in [4.69, 9.17) is 4.74 Å². The number of hydrogen-bond acceptors (Lipinski definition) is 4. The molecule has 6 nitrogen and oxygen atoms in total. The number of hydrogen-bond donors (Lipinski definition) is 1. The van der Waals surface area contributed by atoms with Crippen molar-refractivity contribution < 1.29 is 18.5 Å². The fourth-order valence-corrected chi connectivity index (χ4v) is 7.40. The third-order valence-electron chi connectivity index (χ3n) is 7.68. The minimum Gasteiger partial charge on any atom is -0.466 e. The third kappa shape index (κ3) is 5.37. The molecule has 0 fully saturated rings. The summed E-state index contributed by atoms with van der Waals surface area (Å²) >= 11 is 3.71. The lowest BCUT2D eigenvalue weighted by molar-refractivity contribution is -0.147. The Labute approximate surface area is 264 Å². The number of carbonyl (C=O) groups is 2. The summed E-state index contributed by atoms with van der Waals surface area (Å²) in [4.78, 5) is 30.6. The minimum absolute atomic E-state index is 0.153. The lowest BCUT2D eigenvalue weighted by atomic mass is 9.75. The number of carbonyl (C=O) groups excluding carboxylic acids is 2. The number of nitrogens with zero attached hydrogens (tertiary/aromatic N) is 1. The Balaban J connectivity index is 1.91. The van der Waals surface area contributed by atoms with Crippen LogP contribution in [-0.4, -0.2) is 27.4 Å². The molecule has 0 unspecified atom stereocenters. The number of ether oxygens (including phenoxy) is 1. The number of fused-ring (bicyclic) bond motifs is 1. The molecule has 1 amide bonds. The van der Waals surface area contributed by atoms with Gasteiger partial charge in [0.2, 0.25) is 0 Å². The van der Waals surface area contributed by atoms with Crippen molar-refractivity contribution in [2.45, 2.75) is 49.9 Å². The Morgan fingerprint density at radius 3 is 1.77 bits per heavy atom. The second-order valence-electron chi connectivity index (χ2n) is 11.5. The van der Waals surface area contributed by atoms with Crippen molar-refractivity contribution in [3.05, 3.63) is 136 Å². The second-order valence-corrected chi connectivity index (χ2v) is 14.3. The molecule has 0 bridgehead atoms. The van der Waals surface area contributed by atoms with Crippen LogP contribution in [0.1, 0.15) is 56.4 Å². The summed E-state index contributed by atoms with van der Waals surface area (Å²) in [5.41, 5.74) is 0.861. The summed E-state index contributed by atoms with van der Waals surface area (Å²) in [5.74, 6) is -0.973. The molecule has 0 radical (unpaired) electrons. The van der Waals surface area contributed by atoms with Crippen LogP contribution < -0.4 is 9.62 Å². The third-order valence-corrected chi connectivity index (χ3v) is 9.98.